The van der Waals surface area contributed by atoms with E-state index in [1.807, 2.05) is 19.1 Å². The van der Waals surface area contributed by atoms with E-state index in [0.29, 0.717) is 34.4 Å². The first-order chi connectivity index (χ1) is 17.8. The van der Waals surface area contributed by atoms with Crippen molar-refractivity contribution in [2.24, 2.45) is 11.3 Å². The highest BCUT2D eigenvalue weighted by atomic mass is 19.1. The number of nitrogens with two attached hydrogens (primary N) is 1. The fourth-order valence-corrected chi connectivity index (χ4v) is 4.44. The van der Waals surface area contributed by atoms with Gasteiger partial charge in [0.1, 0.15) is 11.6 Å². The monoisotopic (exact) mass is 501 g/mol. The molecule has 5 rings (SSSR count). The van der Waals surface area contributed by atoms with Crippen LogP contribution in [0.15, 0.2) is 49.3 Å². The van der Waals surface area contributed by atoms with E-state index in [9.17, 15) is 4.39 Å². The summed E-state index contributed by atoms with van der Waals surface area (Å²) in [4.78, 5) is 17.4. The lowest BCUT2D eigenvalue weighted by molar-refractivity contribution is 0.265. The maximum Gasteiger partial charge on any atom is 0.167 e. The molecule has 37 heavy (non-hydrogen) atoms. The van der Waals surface area contributed by atoms with Gasteiger partial charge in [0.15, 0.2) is 17.5 Å². The maximum atomic E-state index is 13.9. The molecule has 2 aliphatic rings. The number of hydrogen-bond acceptors (Lipinski definition) is 7. The molecule has 7 nitrogen and oxygen atoms in total. The molecular formula is C29H36FN7. The lowest BCUT2D eigenvalue weighted by Gasteiger charge is -2.29. The smallest absolute Gasteiger partial charge is 0.167 e. The van der Waals surface area contributed by atoms with Gasteiger partial charge in [-0.05, 0) is 80.3 Å². The Hall–Kier alpha value is -3.65. The standard InChI is InChI=1S/C22H21FN6.C7H15N/c1-3-15(13-7-8-13)19-17(4-2)27-21(29-20(19)24)14-9-11-25-18(12-14)28-22-16(23)6-5-10-26-22;1-7(2)4-3-5-8-6-7/h3-6,9-13H,1,7-8H2,2H3,(H2,24,27,29)(H,25,26,28);8H,3-6H2,1-2H3/b17-4+,19-15-;. The van der Waals surface area contributed by atoms with Gasteiger partial charge < -0.3 is 16.4 Å². The average molecular weight is 502 g/mol. The first-order valence-corrected chi connectivity index (χ1v) is 12.8. The second-order valence-electron chi connectivity index (χ2n) is 10.2. The molecule has 1 saturated carbocycles. The van der Waals surface area contributed by atoms with Crippen molar-refractivity contribution in [2.45, 2.75) is 46.5 Å². The lowest BCUT2D eigenvalue weighted by atomic mass is 9.85. The third-order valence-corrected chi connectivity index (χ3v) is 6.60. The van der Waals surface area contributed by atoms with Crippen molar-refractivity contribution in [3.63, 3.8) is 0 Å². The van der Waals surface area contributed by atoms with E-state index >= 15 is 0 Å². The van der Waals surface area contributed by atoms with Gasteiger partial charge in [-0.2, -0.15) is 0 Å². The van der Waals surface area contributed by atoms with Crippen molar-refractivity contribution in [3.05, 3.63) is 65.7 Å². The summed E-state index contributed by atoms with van der Waals surface area (Å²) in [6.45, 7) is 12.9. The number of nitrogens with zero attached hydrogens (tertiary/aromatic N) is 4. The summed E-state index contributed by atoms with van der Waals surface area (Å²) < 4.78 is 13.9. The van der Waals surface area contributed by atoms with Crippen molar-refractivity contribution in [1.82, 2.24) is 25.3 Å². The maximum absolute atomic E-state index is 13.9. The number of piperidine rings is 1. The van der Waals surface area contributed by atoms with Crippen LogP contribution in [0, 0.1) is 17.2 Å². The zero-order chi connectivity index (χ0) is 26.4. The van der Waals surface area contributed by atoms with E-state index in [1.54, 1.807) is 18.3 Å². The molecule has 0 amide bonds. The van der Waals surface area contributed by atoms with Crippen molar-refractivity contribution in [3.8, 4) is 11.4 Å². The minimum atomic E-state index is -0.458. The summed E-state index contributed by atoms with van der Waals surface area (Å²) in [5.74, 6) is 1.46. The molecule has 3 aromatic rings. The minimum Gasteiger partial charge on any atom is -0.383 e. The van der Waals surface area contributed by atoms with Crippen LogP contribution in [0.25, 0.3) is 23.0 Å². The number of nitrogens with one attached hydrogen (secondary N) is 2. The Bertz CT molecular complexity index is 1370. The number of pyridine rings is 2. The minimum absolute atomic E-state index is 0.102. The van der Waals surface area contributed by atoms with Gasteiger partial charge in [0, 0.05) is 29.7 Å². The normalized spacial score (nSPS) is 17.9. The Balaban J connectivity index is 0.000000342. The fraction of sp³-hybridized carbons (Fsp3) is 0.379. The molecule has 0 unspecified atom stereocenters. The number of hydrogen-bond donors (Lipinski definition) is 3. The molecule has 1 saturated heterocycles. The summed E-state index contributed by atoms with van der Waals surface area (Å²) in [6.07, 6.45) is 11.9. The molecular weight excluding hydrogens is 465 g/mol. The summed E-state index contributed by atoms with van der Waals surface area (Å²) in [6, 6.07) is 6.38. The molecule has 194 valence electrons. The van der Waals surface area contributed by atoms with E-state index in [-0.39, 0.29) is 5.82 Å². The van der Waals surface area contributed by atoms with E-state index in [1.165, 1.54) is 44.3 Å². The molecule has 0 aromatic carbocycles. The highest BCUT2D eigenvalue weighted by molar-refractivity contribution is 5.67. The Morgan fingerprint density at radius 3 is 2.62 bits per heavy atom. The predicted octanol–water partition coefficient (Wildman–Crippen LogP) is 4.34. The Kier molecular flexibility index (Phi) is 8.28. The molecule has 0 bridgehead atoms. The van der Waals surface area contributed by atoms with Crippen molar-refractivity contribution in [2.75, 3.05) is 24.1 Å². The number of nitrogen functional groups attached to an aromatic ring is 1. The van der Waals surface area contributed by atoms with E-state index in [4.69, 9.17) is 10.7 Å². The number of halogens is 1. The molecule has 8 heteroatoms. The molecule has 4 N–H and O–H groups in total. The van der Waals surface area contributed by atoms with E-state index in [0.717, 1.165) is 29.0 Å². The van der Waals surface area contributed by atoms with Gasteiger partial charge in [-0.25, -0.2) is 24.3 Å². The third kappa shape index (κ3) is 6.77. The highest BCUT2D eigenvalue weighted by Gasteiger charge is 2.26. The van der Waals surface area contributed by atoms with E-state index in [2.05, 4.69) is 46.0 Å². The fourth-order valence-electron chi connectivity index (χ4n) is 4.44. The van der Waals surface area contributed by atoms with Crippen LogP contribution in [0.1, 0.15) is 46.5 Å². The van der Waals surface area contributed by atoms with Gasteiger partial charge in [0.05, 0.1) is 5.35 Å². The zero-order valence-electron chi connectivity index (χ0n) is 21.9. The molecule has 2 fully saturated rings. The van der Waals surface area contributed by atoms with Crippen LogP contribution >= 0.6 is 0 Å². The Morgan fingerprint density at radius 2 is 2.03 bits per heavy atom. The summed E-state index contributed by atoms with van der Waals surface area (Å²) >= 11 is 0. The van der Waals surface area contributed by atoms with Crippen LogP contribution in [0.2, 0.25) is 0 Å². The Labute approximate surface area is 217 Å². The van der Waals surface area contributed by atoms with Crippen LogP contribution in [0.3, 0.4) is 0 Å². The largest absolute Gasteiger partial charge is 0.383 e. The topological polar surface area (TPSA) is 102 Å². The molecule has 0 radical (unpaired) electrons. The van der Waals surface area contributed by atoms with Gasteiger partial charge >= 0.3 is 0 Å². The van der Waals surface area contributed by atoms with Gasteiger partial charge in [-0.15, -0.1) is 0 Å². The quantitative estimate of drug-likeness (QED) is 0.478. The molecule has 4 heterocycles. The van der Waals surface area contributed by atoms with Crippen LogP contribution in [-0.4, -0.2) is 33.0 Å². The van der Waals surface area contributed by atoms with Crippen LogP contribution in [-0.2, 0) is 0 Å². The molecule has 0 spiro atoms. The molecule has 3 aromatic heterocycles. The second kappa shape index (κ2) is 11.6. The number of aromatic nitrogens is 4. The van der Waals surface area contributed by atoms with Gasteiger partial charge in [-0.1, -0.05) is 32.6 Å². The molecule has 1 aliphatic heterocycles. The third-order valence-electron chi connectivity index (χ3n) is 6.60. The second-order valence-corrected chi connectivity index (χ2v) is 10.2. The van der Waals surface area contributed by atoms with Crippen LogP contribution in [0.4, 0.5) is 21.8 Å². The predicted molar refractivity (Wildman–Crippen MR) is 149 cm³/mol. The lowest BCUT2D eigenvalue weighted by Crippen LogP contribution is -2.35. The van der Waals surface area contributed by atoms with Gasteiger partial charge in [0.25, 0.3) is 0 Å². The number of allylic oxidation sites excluding steroid dienone is 1. The number of rotatable bonds is 5. The number of anilines is 3. The molecule has 0 atom stereocenters. The van der Waals surface area contributed by atoms with Crippen LogP contribution < -0.4 is 26.9 Å². The summed E-state index contributed by atoms with van der Waals surface area (Å²) in [5.41, 5.74) is 8.71. The SMILES string of the molecule is C=C/C(=c1/c(N)nc(-c2ccnc(Nc3ncccc3F)c2)n/c1=C/C)C1CC1.CC1(C)CCCNC1. The summed E-state index contributed by atoms with van der Waals surface area (Å²) in [5, 5.41) is 7.89. The van der Waals surface area contributed by atoms with Crippen molar-refractivity contribution in [1.29, 1.82) is 0 Å². The first kappa shape index (κ1) is 26.4. The molecule has 1 aliphatic carbocycles. The average Bonchev–Trinajstić information content (AvgIpc) is 3.72. The van der Waals surface area contributed by atoms with Crippen molar-refractivity contribution >= 4 is 29.1 Å². The van der Waals surface area contributed by atoms with Gasteiger partial charge in [0.2, 0.25) is 0 Å². The van der Waals surface area contributed by atoms with E-state index < -0.39 is 5.82 Å². The Morgan fingerprint density at radius 1 is 1.22 bits per heavy atom. The van der Waals surface area contributed by atoms with Gasteiger partial charge in [-0.3, -0.25) is 0 Å². The highest BCUT2D eigenvalue weighted by Crippen LogP contribution is 2.37. The summed E-state index contributed by atoms with van der Waals surface area (Å²) in [7, 11) is 0. The van der Waals surface area contributed by atoms with Crippen LogP contribution in [0.5, 0.6) is 0 Å². The first-order valence-electron chi connectivity index (χ1n) is 12.8. The van der Waals surface area contributed by atoms with Crippen molar-refractivity contribution < 1.29 is 4.39 Å². The zero-order valence-corrected chi connectivity index (χ0v) is 21.9.